The van der Waals surface area contributed by atoms with Crippen LogP contribution >= 0.6 is 0 Å². The van der Waals surface area contributed by atoms with Crippen LogP contribution in [0.1, 0.15) is 6.42 Å². The Kier molecular flexibility index (Phi) is 3.03. The van der Waals surface area contributed by atoms with E-state index in [1.807, 2.05) is 5.32 Å². The molecule has 1 rings (SSSR count). The van der Waals surface area contributed by atoms with Crippen molar-refractivity contribution >= 4 is 17.9 Å². The molecule has 2 atom stereocenters. The summed E-state index contributed by atoms with van der Waals surface area (Å²) in [4.78, 5) is 32.2. The molecule has 1 aliphatic heterocycles. The molecule has 0 saturated carbocycles. The van der Waals surface area contributed by atoms with Crippen molar-refractivity contribution in [1.82, 2.24) is 10.6 Å². The normalized spacial score (nSPS) is 23.6. The van der Waals surface area contributed by atoms with Crippen LogP contribution in [0.3, 0.4) is 0 Å². The molecule has 0 aromatic heterocycles. The standard InChI is InChI=1S/C7H11N3O4/c8-4(6(12)13)1-3-2-9-7(14)10-5(3)11/h3-4H,1-2,8H2,(H,12,13)(H2,9,10,11,14)/t3?,4-/m0/s1. The van der Waals surface area contributed by atoms with E-state index in [4.69, 9.17) is 10.8 Å². The van der Waals surface area contributed by atoms with Crippen molar-refractivity contribution in [3.63, 3.8) is 0 Å². The molecule has 0 aromatic carbocycles. The highest BCUT2D eigenvalue weighted by atomic mass is 16.4. The number of nitrogens with one attached hydrogen (secondary N) is 2. The smallest absolute Gasteiger partial charge is 0.321 e. The van der Waals surface area contributed by atoms with Gasteiger partial charge in [-0.2, -0.15) is 0 Å². The Morgan fingerprint density at radius 3 is 2.79 bits per heavy atom. The van der Waals surface area contributed by atoms with Gasteiger partial charge in [-0.05, 0) is 6.42 Å². The van der Waals surface area contributed by atoms with Gasteiger partial charge in [0.25, 0.3) is 0 Å². The van der Waals surface area contributed by atoms with Crippen LogP contribution in [0.25, 0.3) is 0 Å². The first-order valence-corrected chi connectivity index (χ1v) is 4.07. The highest BCUT2D eigenvalue weighted by molar-refractivity contribution is 5.98. The van der Waals surface area contributed by atoms with Gasteiger partial charge in [-0.3, -0.25) is 14.9 Å². The predicted molar refractivity (Wildman–Crippen MR) is 45.3 cm³/mol. The molecule has 1 fully saturated rings. The van der Waals surface area contributed by atoms with Crippen LogP contribution in [0, 0.1) is 5.92 Å². The Labute approximate surface area is 79.6 Å². The summed E-state index contributed by atoms with van der Waals surface area (Å²) in [5.41, 5.74) is 5.25. The second kappa shape index (κ2) is 4.05. The Bertz CT molecular complexity index is 278. The first-order chi connectivity index (χ1) is 6.50. The average molecular weight is 201 g/mol. The number of amides is 3. The summed E-state index contributed by atoms with van der Waals surface area (Å²) in [6, 6.07) is -1.64. The van der Waals surface area contributed by atoms with E-state index < -0.39 is 29.9 Å². The molecular formula is C7H11N3O4. The Morgan fingerprint density at radius 2 is 2.29 bits per heavy atom. The minimum absolute atomic E-state index is 0.0153. The second-order valence-corrected chi connectivity index (χ2v) is 3.08. The van der Waals surface area contributed by atoms with E-state index in [-0.39, 0.29) is 13.0 Å². The average Bonchev–Trinajstić information content (AvgIpc) is 2.09. The number of hydrogen-bond acceptors (Lipinski definition) is 4. The van der Waals surface area contributed by atoms with Crippen molar-refractivity contribution in [1.29, 1.82) is 0 Å². The maximum Gasteiger partial charge on any atom is 0.321 e. The van der Waals surface area contributed by atoms with Crippen LogP contribution in [0.5, 0.6) is 0 Å². The molecule has 0 aliphatic carbocycles. The summed E-state index contributed by atoms with van der Waals surface area (Å²) < 4.78 is 0. The molecule has 1 aliphatic rings. The number of carboxylic acid groups (broad SMARTS) is 1. The van der Waals surface area contributed by atoms with E-state index in [0.717, 1.165) is 0 Å². The zero-order valence-electron chi connectivity index (χ0n) is 7.32. The Hall–Kier alpha value is -1.63. The third-order valence-electron chi connectivity index (χ3n) is 1.97. The van der Waals surface area contributed by atoms with Crippen LogP contribution in [0.4, 0.5) is 4.79 Å². The number of carbonyl (C=O) groups is 3. The summed E-state index contributed by atoms with van der Waals surface area (Å²) in [7, 11) is 0. The van der Waals surface area contributed by atoms with Crippen molar-refractivity contribution in [2.24, 2.45) is 11.7 Å². The second-order valence-electron chi connectivity index (χ2n) is 3.08. The lowest BCUT2D eigenvalue weighted by molar-refractivity contribution is -0.139. The molecule has 78 valence electrons. The Balaban J connectivity index is 2.49. The minimum atomic E-state index is -1.16. The first-order valence-electron chi connectivity index (χ1n) is 4.07. The van der Waals surface area contributed by atoms with E-state index in [2.05, 4.69) is 5.32 Å². The Morgan fingerprint density at radius 1 is 1.64 bits per heavy atom. The van der Waals surface area contributed by atoms with E-state index in [0.29, 0.717) is 0 Å². The van der Waals surface area contributed by atoms with Crippen molar-refractivity contribution in [3.8, 4) is 0 Å². The largest absolute Gasteiger partial charge is 0.480 e. The lowest BCUT2D eigenvalue weighted by Gasteiger charge is -2.23. The number of aliphatic carboxylic acids is 1. The fourth-order valence-electron chi connectivity index (χ4n) is 1.16. The molecule has 5 N–H and O–H groups in total. The lowest BCUT2D eigenvalue weighted by Crippen LogP contribution is -2.53. The number of carbonyl (C=O) groups excluding carboxylic acids is 2. The van der Waals surface area contributed by atoms with Crippen LogP contribution < -0.4 is 16.4 Å². The molecule has 1 unspecified atom stereocenters. The summed E-state index contributed by atoms with van der Waals surface area (Å²) in [6.45, 7) is 0.131. The minimum Gasteiger partial charge on any atom is -0.480 e. The van der Waals surface area contributed by atoms with E-state index >= 15 is 0 Å². The maximum atomic E-state index is 11.1. The highest BCUT2D eigenvalue weighted by Crippen LogP contribution is 2.07. The van der Waals surface area contributed by atoms with Crippen molar-refractivity contribution in [2.45, 2.75) is 12.5 Å². The van der Waals surface area contributed by atoms with Crippen molar-refractivity contribution < 1.29 is 19.5 Å². The molecule has 1 saturated heterocycles. The van der Waals surface area contributed by atoms with Crippen LogP contribution in [0.2, 0.25) is 0 Å². The zero-order valence-corrected chi connectivity index (χ0v) is 7.32. The number of urea groups is 1. The molecule has 7 heteroatoms. The van der Waals surface area contributed by atoms with Crippen LogP contribution in [0.15, 0.2) is 0 Å². The van der Waals surface area contributed by atoms with Gasteiger partial charge >= 0.3 is 12.0 Å². The topological polar surface area (TPSA) is 122 Å². The molecule has 0 radical (unpaired) electrons. The fourth-order valence-corrected chi connectivity index (χ4v) is 1.16. The molecule has 3 amide bonds. The molecule has 0 spiro atoms. The summed E-state index contributed by atoms with van der Waals surface area (Å²) >= 11 is 0. The van der Waals surface area contributed by atoms with Gasteiger partial charge in [0, 0.05) is 6.54 Å². The number of imide groups is 1. The fraction of sp³-hybridized carbons (Fsp3) is 0.571. The number of rotatable bonds is 3. The maximum absolute atomic E-state index is 11.1. The van der Waals surface area contributed by atoms with Gasteiger partial charge in [-0.25, -0.2) is 4.79 Å². The number of carboxylic acids is 1. The van der Waals surface area contributed by atoms with E-state index in [1.165, 1.54) is 0 Å². The van der Waals surface area contributed by atoms with Crippen LogP contribution in [-0.2, 0) is 9.59 Å². The number of nitrogens with two attached hydrogens (primary N) is 1. The van der Waals surface area contributed by atoms with Crippen molar-refractivity contribution in [3.05, 3.63) is 0 Å². The van der Waals surface area contributed by atoms with Crippen molar-refractivity contribution in [2.75, 3.05) is 6.54 Å². The molecule has 0 aromatic rings. The quantitative estimate of drug-likeness (QED) is 0.431. The molecular weight excluding hydrogens is 190 g/mol. The van der Waals surface area contributed by atoms with E-state index in [9.17, 15) is 14.4 Å². The van der Waals surface area contributed by atoms with Gasteiger partial charge in [0.05, 0.1) is 5.92 Å². The molecule has 1 heterocycles. The lowest BCUT2D eigenvalue weighted by atomic mass is 9.98. The molecule has 7 nitrogen and oxygen atoms in total. The summed E-state index contributed by atoms with van der Waals surface area (Å²) in [5, 5.41) is 12.9. The zero-order chi connectivity index (χ0) is 10.7. The third-order valence-corrected chi connectivity index (χ3v) is 1.97. The molecule has 14 heavy (non-hydrogen) atoms. The van der Waals surface area contributed by atoms with Gasteiger partial charge in [-0.15, -0.1) is 0 Å². The van der Waals surface area contributed by atoms with Gasteiger partial charge in [0.15, 0.2) is 0 Å². The molecule has 0 bridgehead atoms. The van der Waals surface area contributed by atoms with Gasteiger partial charge in [-0.1, -0.05) is 0 Å². The highest BCUT2D eigenvalue weighted by Gasteiger charge is 2.29. The summed E-state index contributed by atoms with van der Waals surface area (Å²) in [5.74, 6) is -2.21. The predicted octanol–water partition coefficient (Wildman–Crippen LogP) is -1.76. The van der Waals surface area contributed by atoms with Crippen LogP contribution in [-0.4, -0.2) is 35.6 Å². The monoisotopic (exact) mass is 201 g/mol. The van der Waals surface area contributed by atoms with E-state index in [1.54, 1.807) is 0 Å². The SMILES string of the molecule is N[C@@H](CC1CNC(=O)NC1=O)C(=O)O. The summed E-state index contributed by atoms with van der Waals surface area (Å²) in [6.07, 6.45) is 0.0153. The third kappa shape index (κ3) is 2.43. The van der Waals surface area contributed by atoms with Gasteiger partial charge in [0.2, 0.25) is 5.91 Å². The van der Waals surface area contributed by atoms with Gasteiger partial charge in [0.1, 0.15) is 6.04 Å². The van der Waals surface area contributed by atoms with Gasteiger partial charge < -0.3 is 16.2 Å². The number of hydrogen-bond donors (Lipinski definition) is 4. The first kappa shape index (κ1) is 10.5.